The van der Waals surface area contributed by atoms with Crippen LogP contribution >= 0.6 is 0 Å². The molecule has 0 radical (unpaired) electrons. The Bertz CT molecular complexity index is 679. The Kier molecular flexibility index (Phi) is 3.20. The van der Waals surface area contributed by atoms with E-state index in [4.69, 9.17) is 11.0 Å². The lowest BCUT2D eigenvalue weighted by molar-refractivity contribution is -0.383. The number of aromatic nitrogens is 2. The van der Waals surface area contributed by atoms with Crippen molar-refractivity contribution in [2.45, 2.75) is 0 Å². The molecule has 19 heavy (non-hydrogen) atoms. The van der Waals surface area contributed by atoms with Gasteiger partial charge in [-0.1, -0.05) is 12.1 Å². The van der Waals surface area contributed by atoms with Gasteiger partial charge < -0.3 is 11.1 Å². The average molecular weight is 256 g/mol. The van der Waals surface area contributed by atoms with E-state index in [0.29, 0.717) is 11.3 Å². The molecule has 2 aromatic rings. The highest BCUT2D eigenvalue weighted by Crippen LogP contribution is 2.29. The molecule has 1 aromatic heterocycles. The molecule has 0 spiro atoms. The zero-order chi connectivity index (χ0) is 13.8. The summed E-state index contributed by atoms with van der Waals surface area (Å²) < 4.78 is 0. The summed E-state index contributed by atoms with van der Waals surface area (Å²) in [6, 6.07) is 8.55. The van der Waals surface area contributed by atoms with Crippen molar-refractivity contribution in [3.05, 3.63) is 46.3 Å². The minimum atomic E-state index is -0.674. The number of nitrogens with one attached hydrogen (secondary N) is 1. The van der Waals surface area contributed by atoms with Gasteiger partial charge in [-0.2, -0.15) is 5.26 Å². The Labute approximate surface area is 107 Å². The van der Waals surface area contributed by atoms with Gasteiger partial charge in [-0.05, 0) is 12.1 Å². The molecule has 0 saturated carbocycles. The van der Waals surface area contributed by atoms with Gasteiger partial charge >= 0.3 is 5.69 Å². The summed E-state index contributed by atoms with van der Waals surface area (Å²) in [6.45, 7) is 0. The Balaban J connectivity index is 2.48. The predicted molar refractivity (Wildman–Crippen MR) is 67.5 cm³/mol. The van der Waals surface area contributed by atoms with Gasteiger partial charge in [0.15, 0.2) is 0 Å². The summed E-state index contributed by atoms with van der Waals surface area (Å²) in [5.41, 5.74) is 5.78. The normalized spacial score (nSPS) is 9.63. The molecule has 3 N–H and O–H groups in total. The maximum Gasteiger partial charge on any atom is 0.353 e. The minimum Gasteiger partial charge on any atom is -0.378 e. The SMILES string of the molecule is N#Cc1ccccc1Nc1ncnc(N)c1[N+](=O)[O-]. The zero-order valence-electron chi connectivity index (χ0n) is 9.57. The van der Waals surface area contributed by atoms with Crippen LogP contribution in [0.1, 0.15) is 5.56 Å². The predicted octanol–water partition coefficient (Wildman–Crippen LogP) is 1.58. The Morgan fingerprint density at radius 3 is 2.79 bits per heavy atom. The summed E-state index contributed by atoms with van der Waals surface area (Å²) in [5, 5.41) is 22.6. The molecule has 2 rings (SSSR count). The van der Waals surface area contributed by atoms with Crippen LogP contribution in [0.3, 0.4) is 0 Å². The minimum absolute atomic E-state index is 0.0554. The molecule has 0 bridgehead atoms. The van der Waals surface area contributed by atoms with Crippen molar-refractivity contribution in [1.29, 1.82) is 5.26 Å². The molecular formula is C11H8N6O2. The molecule has 1 heterocycles. The monoisotopic (exact) mass is 256 g/mol. The molecule has 94 valence electrons. The number of nitro groups is 1. The fraction of sp³-hybridized carbons (Fsp3) is 0. The van der Waals surface area contributed by atoms with Gasteiger partial charge in [0.05, 0.1) is 16.2 Å². The first kappa shape index (κ1) is 12.3. The highest BCUT2D eigenvalue weighted by atomic mass is 16.6. The highest BCUT2D eigenvalue weighted by Gasteiger charge is 2.21. The number of hydrogen-bond donors (Lipinski definition) is 2. The summed E-state index contributed by atoms with van der Waals surface area (Å²) in [6.07, 6.45) is 1.11. The molecular weight excluding hydrogens is 248 g/mol. The van der Waals surface area contributed by atoms with Crippen LogP contribution in [0.4, 0.5) is 23.0 Å². The van der Waals surface area contributed by atoms with Crippen LogP contribution < -0.4 is 11.1 Å². The van der Waals surface area contributed by atoms with Gasteiger partial charge in [-0.15, -0.1) is 0 Å². The van der Waals surface area contributed by atoms with E-state index in [2.05, 4.69) is 15.3 Å². The van der Waals surface area contributed by atoms with Crippen molar-refractivity contribution in [3.8, 4) is 6.07 Å². The fourth-order valence-corrected chi connectivity index (χ4v) is 1.48. The van der Waals surface area contributed by atoms with E-state index < -0.39 is 10.6 Å². The number of para-hydroxylation sites is 1. The van der Waals surface area contributed by atoms with E-state index in [1.54, 1.807) is 24.3 Å². The number of rotatable bonds is 3. The molecule has 0 aliphatic heterocycles. The number of nitrogen functional groups attached to an aromatic ring is 1. The third-order valence-electron chi connectivity index (χ3n) is 2.33. The van der Waals surface area contributed by atoms with Crippen LogP contribution in [0.25, 0.3) is 0 Å². The largest absolute Gasteiger partial charge is 0.378 e. The molecule has 8 heteroatoms. The first-order valence-corrected chi connectivity index (χ1v) is 5.14. The Hall–Kier alpha value is -3.21. The summed E-state index contributed by atoms with van der Waals surface area (Å²) >= 11 is 0. The van der Waals surface area contributed by atoms with Crippen LogP contribution in [0.15, 0.2) is 30.6 Å². The van der Waals surface area contributed by atoms with Gasteiger partial charge in [0.25, 0.3) is 0 Å². The van der Waals surface area contributed by atoms with Crippen molar-refractivity contribution >= 4 is 23.0 Å². The maximum absolute atomic E-state index is 10.9. The topological polar surface area (TPSA) is 131 Å². The molecule has 1 aromatic carbocycles. The van der Waals surface area contributed by atoms with Crippen LogP contribution in [0, 0.1) is 21.4 Å². The van der Waals surface area contributed by atoms with E-state index >= 15 is 0 Å². The van der Waals surface area contributed by atoms with Gasteiger partial charge in [-0.3, -0.25) is 10.1 Å². The number of nitrogens with two attached hydrogens (primary N) is 1. The summed E-state index contributed by atoms with van der Waals surface area (Å²) in [7, 11) is 0. The molecule has 0 saturated heterocycles. The molecule has 0 aliphatic rings. The number of benzene rings is 1. The lowest BCUT2D eigenvalue weighted by Crippen LogP contribution is -2.05. The fourth-order valence-electron chi connectivity index (χ4n) is 1.48. The molecule has 0 fully saturated rings. The number of hydrogen-bond acceptors (Lipinski definition) is 7. The molecule has 0 unspecified atom stereocenters. The quantitative estimate of drug-likeness (QED) is 0.629. The Morgan fingerprint density at radius 1 is 1.37 bits per heavy atom. The number of nitriles is 1. The zero-order valence-corrected chi connectivity index (χ0v) is 9.57. The lowest BCUT2D eigenvalue weighted by atomic mass is 10.2. The second-order valence-corrected chi connectivity index (χ2v) is 3.50. The van der Waals surface area contributed by atoms with Gasteiger partial charge in [0.2, 0.25) is 11.6 Å². The summed E-state index contributed by atoms with van der Waals surface area (Å²) in [4.78, 5) is 17.6. The number of anilines is 3. The number of nitrogens with zero attached hydrogens (tertiary/aromatic N) is 4. The van der Waals surface area contributed by atoms with E-state index in [1.807, 2.05) is 6.07 Å². The molecule has 0 amide bonds. The van der Waals surface area contributed by atoms with Gasteiger partial charge in [0, 0.05) is 0 Å². The lowest BCUT2D eigenvalue weighted by Gasteiger charge is -2.07. The Morgan fingerprint density at radius 2 is 2.11 bits per heavy atom. The van der Waals surface area contributed by atoms with E-state index in [1.165, 1.54) is 0 Å². The van der Waals surface area contributed by atoms with Crippen LogP contribution in [-0.4, -0.2) is 14.9 Å². The first-order chi connectivity index (χ1) is 9.13. The smallest absolute Gasteiger partial charge is 0.353 e. The van der Waals surface area contributed by atoms with Crippen molar-refractivity contribution in [3.63, 3.8) is 0 Å². The second kappa shape index (κ2) is 4.97. The highest BCUT2D eigenvalue weighted by molar-refractivity contribution is 5.74. The van der Waals surface area contributed by atoms with E-state index in [-0.39, 0.29) is 11.6 Å². The van der Waals surface area contributed by atoms with Crippen molar-refractivity contribution in [2.24, 2.45) is 0 Å². The maximum atomic E-state index is 10.9. The third kappa shape index (κ3) is 2.39. The molecule has 0 aliphatic carbocycles. The third-order valence-corrected chi connectivity index (χ3v) is 2.33. The van der Waals surface area contributed by atoms with Crippen molar-refractivity contribution < 1.29 is 4.92 Å². The van der Waals surface area contributed by atoms with Crippen LogP contribution in [0.5, 0.6) is 0 Å². The van der Waals surface area contributed by atoms with E-state index in [9.17, 15) is 10.1 Å². The average Bonchev–Trinajstić information content (AvgIpc) is 2.39. The van der Waals surface area contributed by atoms with E-state index in [0.717, 1.165) is 6.33 Å². The summed E-state index contributed by atoms with van der Waals surface area (Å²) in [5.74, 6) is -0.294. The van der Waals surface area contributed by atoms with Crippen LogP contribution in [0.2, 0.25) is 0 Å². The first-order valence-electron chi connectivity index (χ1n) is 5.14. The standard InChI is InChI=1S/C11H8N6O2/c12-5-7-3-1-2-4-8(7)16-11-9(17(18)19)10(13)14-6-15-11/h1-4,6H,(H3,13,14,15,16). The van der Waals surface area contributed by atoms with Crippen molar-refractivity contribution in [2.75, 3.05) is 11.1 Å². The van der Waals surface area contributed by atoms with Gasteiger partial charge in [0.1, 0.15) is 12.4 Å². The van der Waals surface area contributed by atoms with Gasteiger partial charge in [-0.25, -0.2) is 9.97 Å². The molecule has 0 atom stereocenters. The van der Waals surface area contributed by atoms with Crippen molar-refractivity contribution in [1.82, 2.24) is 9.97 Å². The van der Waals surface area contributed by atoms with Crippen LogP contribution in [-0.2, 0) is 0 Å². The second-order valence-electron chi connectivity index (χ2n) is 3.50. The molecule has 8 nitrogen and oxygen atoms in total.